The van der Waals surface area contributed by atoms with Gasteiger partial charge in [-0.2, -0.15) is 0 Å². The lowest BCUT2D eigenvalue weighted by atomic mass is 10.1. The van der Waals surface area contributed by atoms with E-state index in [0.717, 1.165) is 12.8 Å². The highest BCUT2D eigenvalue weighted by Crippen LogP contribution is 2.15. The lowest BCUT2D eigenvalue weighted by molar-refractivity contribution is -0.142. The Kier molecular flexibility index (Phi) is 8.03. The van der Waals surface area contributed by atoms with Crippen molar-refractivity contribution in [1.82, 2.24) is 0 Å². The number of nitrogens with zero attached hydrogens (tertiary/aromatic N) is 2. The fourth-order valence-corrected chi connectivity index (χ4v) is 2.46. The van der Waals surface area contributed by atoms with Crippen LogP contribution < -0.4 is 0 Å². The summed E-state index contributed by atoms with van der Waals surface area (Å²) in [4.78, 5) is 20.5. The van der Waals surface area contributed by atoms with Crippen LogP contribution in [0.15, 0.2) is 58.5 Å². The number of hydrogen-bond acceptors (Lipinski definition) is 6. The zero-order valence-corrected chi connectivity index (χ0v) is 15.3. The fraction of sp³-hybridized carbons (Fsp3) is 0.286. The Morgan fingerprint density at radius 2 is 1.59 bits per heavy atom. The molecule has 2 aromatic carbocycles. The first kappa shape index (κ1) is 20.2. The molecule has 0 spiro atoms. The van der Waals surface area contributed by atoms with E-state index < -0.39 is 12.0 Å². The van der Waals surface area contributed by atoms with Crippen molar-refractivity contribution in [2.24, 2.45) is 9.98 Å². The maximum atomic E-state index is 11.9. The molecule has 0 fully saturated rings. The predicted octanol–water partition coefficient (Wildman–Crippen LogP) is 3.35. The Morgan fingerprint density at radius 1 is 1.00 bits per heavy atom. The SMILES string of the molecule is COC(=O)C(CCCCN=Cc1ccccc1O)N=Cc1ccccc1O. The molecule has 2 N–H and O–H groups in total. The van der Waals surface area contributed by atoms with Gasteiger partial charge >= 0.3 is 5.97 Å². The van der Waals surface area contributed by atoms with Crippen LogP contribution in [0.1, 0.15) is 30.4 Å². The molecule has 0 aromatic heterocycles. The summed E-state index contributed by atoms with van der Waals surface area (Å²) >= 11 is 0. The van der Waals surface area contributed by atoms with Gasteiger partial charge in [0.15, 0.2) is 0 Å². The Bertz CT molecular complexity index is 802. The van der Waals surface area contributed by atoms with E-state index in [1.165, 1.54) is 13.3 Å². The number of rotatable bonds is 9. The summed E-state index contributed by atoms with van der Waals surface area (Å²) in [6.45, 7) is 0.589. The van der Waals surface area contributed by atoms with Crippen LogP contribution in [0.5, 0.6) is 11.5 Å². The van der Waals surface area contributed by atoms with Gasteiger partial charge in [0.2, 0.25) is 0 Å². The summed E-state index contributed by atoms with van der Waals surface area (Å²) in [6, 6.07) is 13.2. The van der Waals surface area contributed by atoms with Crippen LogP contribution >= 0.6 is 0 Å². The molecule has 6 nitrogen and oxygen atoms in total. The van der Waals surface area contributed by atoms with Gasteiger partial charge in [-0.05, 0) is 43.5 Å². The highest BCUT2D eigenvalue weighted by molar-refractivity contribution is 5.86. The Hall–Kier alpha value is -3.15. The zero-order chi connectivity index (χ0) is 19.5. The Balaban J connectivity index is 1.83. The van der Waals surface area contributed by atoms with Gasteiger partial charge in [0.1, 0.15) is 17.5 Å². The second kappa shape index (κ2) is 10.8. The molecule has 0 amide bonds. The van der Waals surface area contributed by atoms with Gasteiger partial charge in [-0.1, -0.05) is 24.3 Å². The Labute approximate surface area is 158 Å². The lowest BCUT2D eigenvalue weighted by Crippen LogP contribution is -2.20. The van der Waals surface area contributed by atoms with E-state index in [2.05, 4.69) is 9.98 Å². The number of methoxy groups -OCH3 is 1. The second-order valence-electron chi connectivity index (χ2n) is 5.97. The lowest BCUT2D eigenvalue weighted by Gasteiger charge is -2.09. The molecule has 0 saturated carbocycles. The van der Waals surface area contributed by atoms with Crippen LogP contribution in [0, 0.1) is 0 Å². The number of ether oxygens (including phenoxy) is 1. The van der Waals surface area contributed by atoms with Gasteiger partial charge in [0.25, 0.3) is 0 Å². The molecule has 27 heavy (non-hydrogen) atoms. The van der Waals surface area contributed by atoms with E-state index in [-0.39, 0.29) is 11.5 Å². The van der Waals surface area contributed by atoms with Gasteiger partial charge in [-0.3, -0.25) is 9.98 Å². The molecule has 0 saturated heterocycles. The number of unbranched alkanes of at least 4 members (excludes halogenated alkanes) is 1. The van der Waals surface area contributed by atoms with Gasteiger partial charge < -0.3 is 14.9 Å². The average Bonchev–Trinajstić information content (AvgIpc) is 2.68. The number of carbonyl (C=O) groups is 1. The number of aromatic hydroxyl groups is 2. The first-order chi connectivity index (χ1) is 13.1. The molecule has 1 unspecified atom stereocenters. The van der Waals surface area contributed by atoms with Crippen LogP contribution in [0.4, 0.5) is 0 Å². The molecule has 0 radical (unpaired) electrons. The first-order valence-corrected chi connectivity index (χ1v) is 8.78. The molecule has 6 heteroatoms. The normalized spacial score (nSPS) is 12.5. The summed E-state index contributed by atoms with van der Waals surface area (Å²) in [7, 11) is 1.33. The maximum absolute atomic E-state index is 11.9. The monoisotopic (exact) mass is 368 g/mol. The van der Waals surface area contributed by atoms with Crippen molar-refractivity contribution in [3.63, 3.8) is 0 Å². The summed E-state index contributed by atoms with van der Waals surface area (Å²) in [5, 5.41) is 19.4. The topological polar surface area (TPSA) is 91.5 Å². The zero-order valence-electron chi connectivity index (χ0n) is 15.3. The molecule has 0 aliphatic heterocycles. The predicted molar refractivity (Wildman–Crippen MR) is 106 cm³/mol. The van der Waals surface area contributed by atoms with Crippen molar-refractivity contribution in [3.05, 3.63) is 59.7 Å². The van der Waals surface area contributed by atoms with Crippen molar-refractivity contribution in [2.45, 2.75) is 25.3 Å². The molecule has 2 rings (SSSR count). The van der Waals surface area contributed by atoms with Crippen molar-refractivity contribution in [3.8, 4) is 11.5 Å². The van der Waals surface area contributed by atoms with Gasteiger partial charge in [-0.25, -0.2) is 4.79 Å². The smallest absolute Gasteiger partial charge is 0.330 e. The first-order valence-electron chi connectivity index (χ1n) is 8.78. The van der Waals surface area contributed by atoms with Gasteiger partial charge in [0.05, 0.1) is 7.11 Å². The molecule has 0 bridgehead atoms. The van der Waals surface area contributed by atoms with E-state index in [9.17, 15) is 15.0 Å². The number of benzene rings is 2. The Morgan fingerprint density at radius 3 is 2.19 bits per heavy atom. The summed E-state index contributed by atoms with van der Waals surface area (Å²) in [6.07, 6.45) is 5.19. The number of phenols is 2. The standard InChI is InChI=1S/C21H24N2O4/c1-27-21(26)18(23-15-17-9-3-5-12-20(17)25)10-6-7-13-22-14-16-8-2-4-11-19(16)24/h2-5,8-9,11-12,14-15,18,24-25H,6-7,10,13H2,1H3. The summed E-state index contributed by atoms with van der Waals surface area (Å²) < 4.78 is 4.81. The van der Waals surface area contributed by atoms with Gasteiger partial charge in [-0.15, -0.1) is 0 Å². The van der Waals surface area contributed by atoms with E-state index in [1.807, 2.05) is 6.07 Å². The quantitative estimate of drug-likeness (QED) is 0.403. The number of carbonyl (C=O) groups excluding carboxylic acids is 1. The number of aliphatic imine (C=N–C) groups is 2. The van der Waals surface area contributed by atoms with Gasteiger partial charge in [0, 0.05) is 30.1 Å². The van der Waals surface area contributed by atoms with Crippen molar-refractivity contribution < 1.29 is 19.7 Å². The molecule has 0 heterocycles. The minimum absolute atomic E-state index is 0.114. The van der Waals surface area contributed by atoms with Crippen LogP contribution in [-0.4, -0.2) is 48.3 Å². The third kappa shape index (κ3) is 6.58. The number of hydrogen-bond donors (Lipinski definition) is 2. The summed E-state index contributed by atoms with van der Waals surface area (Å²) in [5.41, 5.74) is 1.23. The number of para-hydroxylation sites is 2. The van der Waals surface area contributed by atoms with Crippen molar-refractivity contribution in [1.29, 1.82) is 0 Å². The van der Waals surface area contributed by atoms with Crippen LogP contribution in [0.25, 0.3) is 0 Å². The highest BCUT2D eigenvalue weighted by Gasteiger charge is 2.16. The average molecular weight is 368 g/mol. The van der Waals surface area contributed by atoms with E-state index in [4.69, 9.17) is 4.74 Å². The summed E-state index contributed by atoms with van der Waals surface area (Å²) in [5.74, 6) is -0.0896. The molecule has 0 aliphatic rings. The molecule has 1 atom stereocenters. The largest absolute Gasteiger partial charge is 0.507 e. The third-order valence-corrected chi connectivity index (χ3v) is 3.99. The molecular formula is C21H24N2O4. The van der Waals surface area contributed by atoms with Crippen LogP contribution in [-0.2, 0) is 9.53 Å². The molecule has 2 aromatic rings. The van der Waals surface area contributed by atoms with Crippen molar-refractivity contribution >= 4 is 18.4 Å². The second-order valence-corrected chi connectivity index (χ2v) is 5.97. The molecular weight excluding hydrogens is 344 g/mol. The van der Waals surface area contributed by atoms with Crippen LogP contribution in [0.3, 0.4) is 0 Å². The fourth-order valence-electron chi connectivity index (χ4n) is 2.46. The molecule has 0 aliphatic carbocycles. The third-order valence-electron chi connectivity index (χ3n) is 3.99. The highest BCUT2D eigenvalue weighted by atomic mass is 16.5. The minimum atomic E-state index is -0.614. The minimum Gasteiger partial charge on any atom is -0.507 e. The number of esters is 1. The van der Waals surface area contributed by atoms with E-state index in [1.54, 1.807) is 48.7 Å². The number of phenolic OH excluding ortho intramolecular Hbond substituents is 2. The van der Waals surface area contributed by atoms with E-state index >= 15 is 0 Å². The van der Waals surface area contributed by atoms with Crippen LogP contribution in [0.2, 0.25) is 0 Å². The molecule has 142 valence electrons. The van der Waals surface area contributed by atoms with Crippen molar-refractivity contribution in [2.75, 3.05) is 13.7 Å². The van der Waals surface area contributed by atoms with E-state index in [0.29, 0.717) is 24.1 Å². The maximum Gasteiger partial charge on any atom is 0.330 e.